The fourth-order valence-corrected chi connectivity index (χ4v) is 0.423. The van der Waals surface area contributed by atoms with E-state index in [0.717, 1.165) is 0 Å². The number of hydrogen-bond acceptors (Lipinski definition) is 3. The van der Waals surface area contributed by atoms with Gasteiger partial charge in [0.15, 0.2) is 0 Å². The molecule has 0 spiro atoms. The molecule has 5 nitrogen and oxygen atoms in total. The minimum Gasteiger partial charge on any atom is -0.481 e. The maximum Gasteiger partial charge on any atom is 0.303 e. The van der Waals surface area contributed by atoms with Gasteiger partial charge in [-0.1, -0.05) is 0 Å². The van der Waals surface area contributed by atoms with Crippen LogP contribution in [0.1, 0.15) is 12.8 Å². The molecule has 0 heterocycles. The summed E-state index contributed by atoms with van der Waals surface area (Å²) < 4.78 is 0. The largest absolute Gasteiger partial charge is 0.481 e. The summed E-state index contributed by atoms with van der Waals surface area (Å²) in [5, 5.41) is 10.4. The van der Waals surface area contributed by atoms with Crippen molar-refractivity contribution in [2.75, 3.05) is 6.67 Å². The number of carboxylic acid groups (broad SMARTS) is 1. The molecule has 0 fully saturated rings. The number of nitrogens with one attached hydrogen (secondary N) is 1. The molecule has 0 aliphatic carbocycles. The molecular weight excluding hydrogens is 136 g/mol. The summed E-state index contributed by atoms with van der Waals surface area (Å²) in [6.45, 7) is 0.0540. The molecule has 0 saturated heterocycles. The van der Waals surface area contributed by atoms with Crippen LogP contribution in [0.2, 0.25) is 0 Å². The molecule has 1 amide bonds. The first-order valence-electron chi connectivity index (χ1n) is 2.85. The van der Waals surface area contributed by atoms with Crippen LogP contribution in [0.3, 0.4) is 0 Å². The van der Waals surface area contributed by atoms with Gasteiger partial charge in [-0.15, -0.1) is 0 Å². The Morgan fingerprint density at radius 1 is 1.40 bits per heavy atom. The molecule has 0 rings (SSSR count). The van der Waals surface area contributed by atoms with Crippen LogP contribution in [0, 0.1) is 0 Å². The lowest BCUT2D eigenvalue weighted by Crippen LogP contribution is -2.29. The van der Waals surface area contributed by atoms with E-state index in [1.54, 1.807) is 0 Å². The van der Waals surface area contributed by atoms with E-state index in [9.17, 15) is 9.59 Å². The Hall–Kier alpha value is -1.10. The SMILES string of the molecule is NCNC(=O)CCC(=O)O. The molecule has 0 aromatic rings. The van der Waals surface area contributed by atoms with Crippen molar-refractivity contribution >= 4 is 11.9 Å². The second-order valence-electron chi connectivity index (χ2n) is 1.70. The van der Waals surface area contributed by atoms with Crippen molar-refractivity contribution in [1.82, 2.24) is 5.32 Å². The van der Waals surface area contributed by atoms with E-state index >= 15 is 0 Å². The number of hydrogen-bond donors (Lipinski definition) is 3. The lowest BCUT2D eigenvalue weighted by Gasteiger charge is -1.97. The smallest absolute Gasteiger partial charge is 0.303 e. The van der Waals surface area contributed by atoms with Crippen LogP contribution in [0.5, 0.6) is 0 Å². The molecule has 0 aliphatic rings. The zero-order valence-electron chi connectivity index (χ0n) is 5.46. The fourth-order valence-electron chi connectivity index (χ4n) is 0.423. The molecule has 0 saturated carbocycles. The summed E-state index contributed by atoms with van der Waals surface area (Å²) in [6.07, 6.45) is -0.154. The Kier molecular flexibility index (Phi) is 4.23. The van der Waals surface area contributed by atoms with Crippen LogP contribution in [0.4, 0.5) is 0 Å². The number of carboxylic acids is 1. The number of aliphatic carboxylic acids is 1. The van der Waals surface area contributed by atoms with Crippen LogP contribution in [-0.4, -0.2) is 23.7 Å². The molecule has 0 bridgehead atoms. The molecule has 0 aliphatic heterocycles. The van der Waals surface area contributed by atoms with Gasteiger partial charge < -0.3 is 16.2 Å². The van der Waals surface area contributed by atoms with Crippen molar-refractivity contribution in [2.45, 2.75) is 12.8 Å². The second-order valence-corrected chi connectivity index (χ2v) is 1.70. The van der Waals surface area contributed by atoms with Gasteiger partial charge in [-0.25, -0.2) is 0 Å². The van der Waals surface area contributed by atoms with Crippen LogP contribution >= 0.6 is 0 Å². The van der Waals surface area contributed by atoms with Gasteiger partial charge in [0.1, 0.15) is 0 Å². The van der Waals surface area contributed by atoms with E-state index in [1.807, 2.05) is 0 Å². The quantitative estimate of drug-likeness (QED) is 0.438. The van der Waals surface area contributed by atoms with Crippen molar-refractivity contribution in [3.63, 3.8) is 0 Å². The minimum atomic E-state index is -0.979. The van der Waals surface area contributed by atoms with E-state index in [1.165, 1.54) is 0 Å². The summed E-state index contributed by atoms with van der Waals surface area (Å²) in [7, 11) is 0. The van der Waals surface area contributed by atoms with E-state index in [-0.39, 0.29) is 25.4 Å². The molecular formula is C5H10N2O3. The van der Waals surface area contributed by atoms with Crippen LogP contribution in [0.15, 0.2) is 0 Å². The summed E-state index contributed by atoms with van der Waals surface area (Å²) in [5.74, 6) is -1.31. The first-order chi connectivity index (χ1) is 4.66. The van der Waals surface area contributed by atoms with Crippen molar-refractivity contribution in [3.8, 4) is 0 Å². The van der Waals surface area contributed by atoms with Gasteiger partial charge in [0.25, 0.3) is 0 Å². The normalized spacial score (nSPS) is 8.90. The number of carbonyl (C=O) groups excluding carboxylic acids is 1. The molecule has 0 aromatic carbocycles. The standard InChI is InChI=1S/C5H10N2O3/c6-3-7-4(8)1-2-5(9)10/h1-3,6H2,(H,7,8)(H,9,10). The van der Waals surface area contributed by atoms with Gasteiger partial charge in [-0.2, -0.15) is 0 Å². The highest BCUT2D eigenvalue weighted by atomic mass is 16.4. The number of nitrogens with two attached hydrogens (primary N) is 1. The third-order valence-electron chi connectivity index (χ3n) is 0.865. The molecule has 0 aromatic heterocycles. The van der Waals surface area contributed by atoms with Gasteiger partial charge in [0, 0.05) is 6.42 Å². The maximum atomic E-state index is 10.5. The number of amides is 1. The molecule has 5 heteroatoms. The van der Waals surface area contributed by atoms with Gasteiger partial charge in [-0.05, 0) is 0 Å². The minimum absolute atomic E-state index is 0.00741. The van der Waals surface area contributed by atoms with Crippen molar-refractivity contribution in [1.29, 1.82) is 0 Å². The zero-order chi connectivity index (χ0) is 7.98. The molecule has 0 atom stereocenters. The summed E-state index contributed by atoms with van der Waals surface area (Å²) in [6, 6.07) is 0. The Balaban J connectivity index is 3.30. The summed E-state index contributed by atoms with van der Waals surface area (Å²) in [5.41, 5.74) is 4.96. The van der Waals surface area contributed by atoms with Crippen molar-refractivity contribution in [2.24, 2.45) is 5.73 Å². The molecule has 0 unspecified atom stereocenters. The highest BCUT2D eigenvalue weighted by Gasteiger charge is 2.02. The van der Waals surface area contributed by atoms with Gasteiger partial charge in [0.05, 0.1) is 13.1 Å². The first kappa shape index (κ1) is 8.90. The van der Waals surface area contributed by atoms with Crippen LogP contribution in [0.25, 0.3) is 0 Å². The summed E-state index contributed by atoms with van der Waals surface area (Å²) in [4.78, 5) is 20.4. The predicted molar refractivity (Wildman–Crippen MR) is 34.1 cm³/mol. The topological polar surface area (TPSA) is 92.4 Å². The summed E-state index contributed by atoms with van der Waals surface area (Å²) >= 11 is 0. The van der Waals surface area contributed by atoms with Crippen LogP contribution < -0.4 is 11.1 Å². The number of carbonyl (C=O) groups is 2. The Labute approximate surface area is 58.2 Å². The highest BCUT2D eigenvalue weighted by molar-refractivity contribution is 5.80. The van der Waals surface area contributed by atoms with E-state index in [0.29, 0.717) is 0 Å². The van der Waals surface area contributed by atoms with Crippen LogP contribution in [-0.2, 0) is 9.59 Å². The highest BCUT2D eigenvalue weighted by Crippen LogP contribution is 1.86. The van der Waals surface area contributed by atoms with Gasteiger partial charge >= 0.3 is 5.97 Å². The maximum absolute atomic E-state index is 10.5. The Bertz CT molecular complexity index is 135. The third-order valence-corrected chi connectivity index (χ3v) is 0.865. The third kappa shape index (κ3) is 5.04. The van der Waals surface area contributed by atoms with Crippen molar-refractivity contribution < 1.29 is 14.7 Å². The van der Waals surface area contributed by atoms with E-state index < -0.39 is 5.97 Å². The molecule has 10 heavy (non-hydrogen) atoms. The van der Waals surface area contributed by atoms with E-state index in [2.05, 4.69) is 5.32 Å². The lowest BCUT2D eigenvalue weighted by atomic mass is 10.3. The first-order valence-corrected chi connectivity index (χ1v) is 2.85. The monoisotopic (exact) mass is 146 g/mol. The molecule has 0 radical (unpaired) electrons. The Morgan fingerprint density at radius 3 is 2.40 bits per heavy atom. The molecule has 4 N–H and O–H groups in total. The lowest BCUT2D eigenvalue weighted by molar-refractivity contribution is -0.138. The molecule has 58 valence electrons. The fraction of sp³-hybridized carbons (Fsp3) is 0.600. The zero-order valence-corrected chi connectivity index (χ0v) is 5.46. The Morgan fingerprint density at radius 2 is 2.00 bits per heavy atom. The number of rotatable bonds is 4. The van der Waals surface area contributed by atoms with Gasteiger partial charge in [-0.3, -0.25) is 9.59 Å². The van der Waals surface area contributed by atoms with E-state index in [4.69, 9.17) is 10.8 Å². The predicted octanol–water partition coefficient (Wildman–Crippen LogP) is -1.12. The second kappa shape index (κ2) is 4.75. The average Bonchev–Trinajstić information content (AvgIpc) is 1.85. The van der Waals surface area contributed by atoms with Gasteiger partial charge in [0.2, 0.25) is 5.91 Å². The van der Waals surface area contributed by atoms with Crippen molar-refractivity contribution in [3.05, 3.63) is 0 Å². The average molecular weight is 146 g/mol.